The summed E-state index contributed by atoms with van der Waals surface area (Å²) in [6, 6.07) is 17.0. The fourth-order valence-electron chi connectivity index (χ4n) is 4.47. The van der Waals surface area contributed by atoms with Crippen LogP contribution in [0, 0.1) is 0 Å². The Bertz CT molecular complexity index is 1360. The molecule has 0 N–H and O–H groups in total. The van der Waals surface area contributed by atoms with Gasteiger partial charge < -0.3 is 18.9 Å². The number of benzene rings is 1. The molecule has 37 heavy (non-hydrogen) atoms. The summed E-state index contributed by atoms with van der Waals surface area (Å²) in [5.74, 6) is -0.118. The van der Waals surface area contributed by atoms with E-state index in [1.165, 1.54) is 5.69 Å². The van der Waals surface area contributed by atoms with E-state index in [9.17, 15) is 4.79 Å². The maximum absolute atomic E-state index is 13.4. The van der Waals surface area contributed by atoms with Crippen molar-refractivity contribution in [2.24, 2.45) is 0 Å². The van der Waals surface area contributed by atoms with Crippen LogP contribution in [0.5, 0.6) is 0 Å². The summed E-state index contributed by atoms with van der Waals surface area (Å²) in [6.45, 7) is 11.4. The number of hydrogen-bond donors (Lipinski definition) is 0. The molecule has 0 saturated carbocycles. The number of fused-ring (bicyclic) bond motifs is 1. The number of morpholine rings is 1. The van der Waals surface area contributed by atoms with Gasteiger partial charge in [0.1, 0.15) is 18.1 Å². The van der Waals surface area contributed by atoms with E-state index in [0.29, 0.717) is 24.6 Å². The van der Waals surface area contributed by atoms with Crippen LogP contribution in [0.2, 0.25) is 25.7 Å². The molecule has 1 aliphatic rings. The monoisotopic (exact) mass is 514 g/mol. The van der Waals surface area contributed by atoms with E-state index in [4.69, 9.17) is 14.5 Å². The van der Waals surface area contributed by atoms with Crippen LogP contribution in [0.3, 0.4) is 0 Å². The zero-order valence-corrected chi connectivity index (χ0v) is 22.8. The first-order valence-corrected chi connectivity index (χ1v) is 16.6. The molecule has 3 aromatic heterocycles. The van der Waals surface area contributed by atoms with Crippen molar-refractivity contribution >= 4 is 30.6 Å². The van der Waals surface area contributed by atoms with Gasteiger partial charge in [-0.05, 0) is 41.9 Å². The van der Waals surface area contributed by atoms with Gasteiger partial charge in [-0.25, -0.2) is 4.98 Å². The topological polar surface area (TPSA) is 69.5 Å². The Hall–Kier alpha value is -3.33. The Labute approximate surface area is 219 Å². The zero-order valence-electron chi connectivity index (χ0n) is 21.8. The van der Waals surface area contributed by atoms with E-state index in [0.717, 1.165) is 54.5 Å². The number of carbonyl (C=O) groups excluding carboxylic acids is 1. The third kappa shape index (κ3) is 5.98. The van der Waals surface area contributed by atoms with Crippen molar-refractivity contribution in [1.82, 2.24) is 14.5 Å². The Morgan fingerprint density at radius 2 is 1.81 bits per heavy atom. The highest BCUT2D eigenvalue weighted by atomic mass is 28.3. The number of nitrogens with zero attached hydrogens (tertiary/aromatic N) is 4. The van der Waals surface area contributed by atoms with E-state index in [1.807, 2.05) is 29.1 Å². The summed E-state index contributed by atoms with van der Waals surface area (Å²) in [7, 11) is -1.19. The zero-order chi connectivity index (χ0) is 25.8. The third-order valence-electron chi connectivity index (χ3n) is 6.66. The molecule has 0 spiro atoms. The Morgan fingerprint density at radius 1 is 1.03 bits per heavy atom. The lowest BCUT2D eigenvalue weighted by Crippen LogP contribution is -2.36. The van der Waals surface area contributed by atoms with Crippen molar-refractivity contribution in [3.05, 3.63) is 78.4 Å². The highest BCUT2D eigenvalue weighted by Crippen LogP contribution is 2.29. The molecule has 4 heterocycles. The molecule has 1 fully saturated rings. The Balaban J connectivity index is 1.46. The number of rotatable bonds is 9. The standard InChI is InChI=1S/C29H34N4O3Si/c1-37(2,3)17-16-36-21-33-20-26(28(34)27-6-4-5-11-30-27)25-18-23(19-31-29(25)33)22-7-9-24(10-8-22)32-12-14-35-15-13-32/h4-11,18-20H,12-17,21H2,1-3H3. The number of pyridine rings is 2. The minimum absolute atomic E-state index is 0.118. The van der Waals surface area contributed by atoms with E-state index in [-0.39, 0.29) is 5.78 Å². The summed E-state index contributed by atoms with van der Waals surface area (Å²) < 4.78 is 13.4. The first kappa shape index (κ1) is 25.3. The van der Waals surface area contributed by atoms with Crippen LogP contribution in [0.4, 0.5) is 5.69 Å². The lowest BCUT2D eigenvalue weighted by molar-refractivity contribution is 0.0896. The van der Waals surface area contributed by atoms with Gasteiger partial charge in [0.25, 0.3) is 0 Å². The van der Waals surface area contributed by atoms with Crippen molar-refractivity contribution in [2.45, 2.75) is 32.4 Å². The lowest BCUT2D eigenvalue weighted by Gasteiger charge is -2.28. The predicted octanol–water partition coefficient (Wildman–Crippen LogP) is 5.48. The van der Waals surface area contributed by atoms with Crippen LogP contribution in [0.1, 0.15) is 16.1 Å². The Morgan fingerprint density at radius 3 is 2.51 bits per heavy atom. The molecule has 0 bridgehead atoms. The molecular weight excluding hydrogens is 480 g/mol. The first-order chi connectivity index (χ1) is 17.9. The predicted molar refractivity (Wildman–Crippen MR) is 150 cm³/mol. The summed E-state index contributed by atoms with van der Waals surface area (Å²) in [5, 5.41) is 0.805. The minimum Gasteiger partial charge on any atom is -0.378 e. The summed E-state index contributed by atoms with van der Waals surface area (Å²) >= 11 is 0. The minimum atomic E-state index is -1.19. The number of anilines is 1. The van der Waals surface area contributed by atoms with E-state index in [1.54, 1.807) is 12.3 Å². The first-order valence-electron chi connectivity index (χ1n) is 12.8. The number of aromatic nitrogens is 3. The highest BCUT2D eigenvalue weighted by molar-refractivity contribution is 6.76. The van der Waals surface area contributed by atoms with E-state index in [2.05, 4.69) is 59.9 Å². The van der Waals surface area contributed by atoms with Crippen LogP contribution in [-0.4, -0.2) is 61.3 Å². The summed E-state index contributed by atoms with van der Waals surface area (Å²) in [4.78, 5) is 24.9. The van der Waals surface area contributed by atoms with Crippen LogP contribution < -0.4 is 4.90 Å². The van der Waals surface area contributed by atoms with E-state index >= 15 is 0 Å². The van der Waals surface area contributed by atoms with Crippen LogP contribution in [-0.2, 0) is 16.2 Å². The van der Waals surface area contributed by atoms with Gasteiger partial charge in [0.15, 0.2) is 0 Å². The molecule has 0 unspecified atom stereocenters. The van der Waals surface area contributed by atoms with Crippen LogP contribution in [0.25, 0.3) is 22.2 Å². The largest absolute Gasteiger partial charge is 0.378 e. The molecule has 1 saturated heterocycles. The maximum atomic E-state index is 13.4. The molecule has 8 heteroatoms. The summed E-state index contributed by atoms with van der Waals surface area (Å²) in [6.07, 6.45) is 5.37. The number of ketones is 1. The second kappa shape index (κ2) is 11.0. The quantitative estimate of drug-likeness (QED) is 0.167. The molecule has 192 valence electrons. The van der Waals surface area contributed by atoms with Crippen LogP contribution in [0.15, 0.2) is 67.1 Å². The molecule has 4 aromatic rings. The fraction of sp³-hybridized carbons (Fsp3) is 0.345. The molecule has 0 aliphatic carbocycles. The molecule has 0 amide bonds. The smallest absolute Gasteiger partial charge is 0.213 e. The van der Waals surface area contributed by atoms with Gasteiger partial charge in [-0.3, -0.25) is 9.78 Å². The van der Waals surface area contributed by atoms with Gasteiger partial charge in [-0.1, -0.05) is 37.8 Å². The van der Waals surface area contributed by atoms with Crippen molar-refractivity contribution in [3.63, 3.8) is 0 Å². The summed E-state index contributed by atoms with van der Waals surface area (Å²) in [5.41, 5.74) is 4.95. The van der Waals surface area contributed by atoms with Crippen molar-refractivity contribution < 1.29 is 14.3 Å². The second-order valence-corrected chi connectivity index (χ2v) is 16.3. The SMILES string of the molecule is C[Si](C)(C)CCOCn1cc(C(=O)c2ccccn2)c2cc(-c3ccc(N4CCOCC4)cc3)cnc21. The van der Waals surface area contributed by atoms with Gasteiger partial charge >= 0.3 is 0 Å². The van der Waals surface area contributed by atoms with Gasteiger partial charge in [-0.15, -0.1) is 0 Å². The lowest BCUT2D eigenvalue weighted by atomic mass is 10.0. The molecule has 7 nitrogen and oxygen atoms in total. The number of hydrogen-bond acceptors (Lipinski definition) is 6. The molecule has 0 atom stereocenters. The fourth-order valence-corrected chi connectivity index (χ4v) is 5.23. The third-order valence-corrected chi connectivity index (χ3v) is 8.36. The molecular formula is C29H34N4O3Si. The molecule has 1 aliphatic heterocycles. The van der Waals surface area contributed by atoms with Crippen LogP contribution >= 0.6 is 0 Å². The molecule has 5 rings (SSSR count). The Kier molecular flexibility index (Phi) is 7.50. The van der Waals surface area contributed by atoms with Crippen molar-refractivity contribution in [1.29, 1.82) is 0 Å². The van der Waals surface area contributed by atoms with Gasteiger partial charge in [0.05, 0.1) is 18.8 Å². The number of carbonyl (C=O) groups is 1. The number of ether oxygens (including phenoxy) is 2. The van der Waals surface area contributed by atoms with Gasteiger partial charge in [0.2, 0.25) is 5.78 Å². The van der Waals surface area contributed by atoms with E-state index < -0.39 is 8.07 Å². The average molecular weight is 515 g/mol. The van der Waals surface area contributed by atoms with Gasteiger partial charge in [-0.2, -0.15) is 0 Å². The molecule has 1 aromatic carbocycles. The normalized spacial score (nSPS) is 14.3. The molecule has 0 radical (unpaired) electrons. The highest BCUT2D eigenvalue weighted by Gasteiger charge is 2.20. The van der Waals surface area contributed by atoms with Crippen molar-refractivity contribution in [3.8, 4) is 11.1 Å². The average Bonchev–Trinajstić information content (AvgIpc) is 3.29. The van der Waals surface area contributed by atoms with Gasteiger partial charge in [0, 0.05) is 63.0 Å². The maximum Gasteiger partial charge on any atom is 0.213 e. The second-order valence-electron chi connectivity index (χ2n) is 10.6. The van der Waals surface area contributed by atoms with Crippen molar-refractivity contribution in [2.75, 3.05) is 37.8 Å².